The van der Waals surface area contributed by atoms with Crippen LogP contribution >= 0.6 is 11.6 Å². The van der Waals surface area contributed by atoms with Gasteiger partial charge < -0.3 is 20.2 Å². The van der Waals surface area contributed by atoms with Gasteiger partial charge in [-0.15, -0.1) is 0 Å². The number of β-amino-alcohol motifs (C(OH)–C–C–N with tert-alkyl or cyclic N) is 1. The van der Waals surface area contributed by atoms with E-state index in [4.69, 9.17) is 11.6 Å². The predicted octanol–water partition coefficient (Wildman–Crippen LogP) is 1.45. The molecule has 0 amide bonds. The molecule has 0 bridgehead atoms. The van der Waals surface area contributed by atoms with Crippen molar-refractivity contribution in [1.29, 1.82) is 0 Å². The molecule has 1 aromatic rings. The summed E-state index contributed by atoms with van der Waals surface area (Å²) in [6, 6.07) is 0.210. The lowest BCUT2D eigenvalue weighted by Crippen LogP contribution is -2.38. The van der Waals surface area contributed by atoms with Crippen LogP contribution in [0.4, 0.5) is 11.8 Å². The third-order valence-corrected chi connectivity index (χ3v) is 3.77. The second-order valence-corrected chi connectivity index (χ2v) is 6.16. The molecule has 0 spiro atoms. The van der Waals surface area contributed by atoms with Crippen LogP contribution in [0.15, 0.2) is 6.20 Å². The molecule has 0 saturated carbocycles. The zero-order valence-corrected chi connectivity index (χ0v) is 13.6. The van der Waals surface area contributed by atoms with Gasteiger partial charge in [-0.1, -0.05) is 18.5 Å². The number of anilines is 2. The Morgan fingerprint density at radius 3 is 2.95 bits per heavy atom. The highest BCUT2D eigenvalue weighted by atomic mass is 35.5. The molecular formula is C14H24ClN5O. The van der Waals surface area contributed by atoms with Crippen molar-refractivity contribution in [1.82, 2.24) is 14.9 Å². The van der Waals surface area contributed by atoms with Crippen molar-refractivity contribution >= 4 is 23.4 Å². The first-order valence-corrected chi connectivity index (χ1v) is 7.75. The van der Waals surface area contributed by atoms with Crippen LogP contribution in [0.1, 0.15) is 19.8 Å². The molecule has 7 heteroatoms. The van der Waals surface area contributed by atoms with Crippen LogP contribution in [-0.4, -0.2) is 65.8 Å². The Balaban J connectivity index is 2.21. The monoisotopic (exact) mass is 313 g/mol. The molecule has 2 N–H and O–H groups in total. The molecular weight excluding hydrogens is 290 g/mol. The van der Waals surface area contributed by atoms with Gasteiger partial charge in [-0.2, -0.15) is 4.98 Å². The highest BCUT2D eigenvalue weighted by Crippen LogP contribution is 2.30. The second-order valence-electron chi connectivity index (χ2n) is 5.75. The largest absolute Gasteiger partial charge is 0.391 e. The van der Waals surface area contributed by atoms with Crippen LogP contribution in [0.5, 0.6) is 0 Å². The second kappa shape index (κ2) is 7.24. The van der Waals surface area contributed by atoms with E-state index in [2.05, 4.69) is 32.0 Å². The SMILES string of the molecule is CCCNc1ncc(Cl)c(N2CC(O)CC2CN(C)C)n1. The number of halogens is 1. The Bertz CT molecular complexity index is 471. The highest BCUT2D eigenvalue weighted by molar-refractivity contribution is 6.32. The van der Waals surface area contributed by atoms with Crippen molar-refractivity contribution in [2.24, 2.45) is 0 Å². The summed E-state index contributed by atoms with van der Waals surface area (Å²) in [7, 11) is 4.05. The molecule has 0 radical (unpaired) electrons. The highest BCUT2D eigenvalue weighted by Gasteiger charge is 2.33. The minimum Gasteiger partial charge on any atom is -0.391 e. The van der Waals surface area contributed by atoms with Gasteiger partial charge in [-0.05, 0) is 26.9 Å². The molecule has 1 fully saturated rings. The molecule has 1 saturated heterocycles. The summed E-state index contributed by atoms with van der Waals surface area (Å²) in [5.41, 5.74) is 0. The summed E-state index contributed by atoms with van der Waals surface area (Å²) in [6.07, 6.45) is 3.02. The fourth-order valence-corrected chi connectivity index (χ4v) is 2.83. The number of nitrogens with one attached hydrogen (secondary N) is 1. The summed E-state index contributed by atoms with van der Waals surface area (Å²) in [6.45, 7) is 4.33. The van der Waals surface area contributed by atoms with Gasteiger partial charge in [0.1, 0.15) is 5.02 Å². The van der Waals surface area contributed by atoms with Crippen molar-refractivity contribution in [2.45, 2.75) is 31.9 Å². The van der Waals surface area contributed by atoms with Crippen LogP contribution in [0, 0.1) is 0 Å². The predicted molar refractivity (Wildman–Crippen MR) is 86.1 cm³/mol. The summed E-state index contributed by atoms with van der Waals surface area (Å²) < 4.78 is 0. The van der Waals surface area contributed by atoms with Gasteiger partial charge in [0, 0.05) is 25.7 Å². The van der Waals surface area contributed by atoms with E-state index >= 15 is 0 Å². The number of hydrogen-bond acceptors (Lipinski definition) is 6. The minimum absolute atomic E-state index is 0.210. The molecule has 1 aromatic heterocycles. The number of rotatable bonds is 6. The third-order valence-electron chi connectivity index (χ3n) is 3.50. The summed E-state index contributed by atoms with van der Waals surface area (Å²) >= 11 is 6.27. The standard InChI is InChI=1S/C14H24ClN5O/c1-4-5-16-14-17-7-12(15)13(18-14)20-9-11(21)6-10(20)8-19(2)3/h7,10-11,21H,4-6,8-9H2,1-3H3,(H,16,17,18). The van der Waals surface area contributed by atoms with Gasteiger partial charge >= 0.3 is 0 Å². The maximum absolute atomic E-state index is 9.98. The topological polar surface area (TPSA) is 64.5 Å². The minimum atomic E-state index is -0.340. The molecule has 1 aliphatic rings. The summed E-state index contributed by atoms with van der Waals surface area (Å²) in [5.74, 6) is 1.29. The Kier molecular flexibility index (Phi) is 5.61. The van der Waals surface area contributed by atoms with Crippen LogP contribution in [-0.2, 0) is 0 Å². The molecule has 2 unspecified atom stereocenters. The number of aliphatic hydroxyl groups excluding tert-OH is 1. The first-order chi connectivity index (χ1) is 10.0. The van der Waals surface area contributed by atoms with Crippen molar-refractivity contribution in [2.75, 3.05) is 43.9 Å². The normalized spacial score (nSPS) is 22.1. The zero-order valence-electron chi connectivity index (χ0n) is 12.9. The third kappa shape index (κ3) is 4.18. The average molecular weight is 314 g/mol. The number of aromatic nitrogens is 2. The first kappa shape index (κ1) is 16.3. The van der Waals surface area contributed by atoms with Gasteiger partial charge in [-0.3, -0.25) is 0 Å². The van der Waals surface area contributed by atoms with Crippen molar-refractivity contribution in [3.8, 4) is 0 Å². The zero-order chi connectivity index (χ0) is 15.4. The quantitative estimate of drug-likeness (QED) is 0.829. The molecule has 2 rings (SSSR count). The molecule has 0 aliphatic carbocycles. The number of aliphatic hydroxyl groups is 1. The first-order valence-electron chi connectivity index (χ1n) is 7.37. The smallest absolute Gasteiger partial charge is 0.224 e. The van der Waals surface area contributed by atoms with E-state index in [0.29, 0.717) is 23.3 Å². The van der Waals surface area contributed by atoms with E-state index in [9.17, 15) is 5.11 Å². The van der Waals surface area contributed by atoms with E-state index in [1.165, 1.54) is 0 Å². The summed E-state index contributed by atoms with van der Waals surface area (Å²) in [4.78, 5) is 12.9. The van der Waals surface area contributed by atoms with Gasteiger partial charge in [0.05, 0.1) is 12.3 Å². The molecule has 2 atom stereocenters. The molecule has 1 aliphatic heterocycles. The van der Waals surface area contributed by atoms with Crippen LogP contribution in [0.25, 0.3) is 0 Å². The molecule has 6 nitrogen and oxygen atoms in total. The van der Waals surface area contributed by atoms with Gasteiger partial charge in [0.15, 0.2) is 5.82 Å². The van der Waals surface area contributed by atoms with Crippen LogP contribution in [0.2, 0.25) is 5.02 Å². The van der Waals surface area contributed by atoms with Crippen LogP contribution < -0.4 is 10.2 Å². The summed E-state index contributed by atoms with van der Waals surface area (Å²) in [5, 5.41) is 13.7. The fourth-order valence-electron chi connectivity index (χ4n) is 2.63. The Labute approximate surface area is 131 Å². The number of nitrogens with zero attached hydrogens (tertiary/aromatic N) is 4. The molecule has 118 valence electrons. The van der Waals surface area contributed by atoms with E-state index < -0.39 is 0 Å². The lowest BCUT2D eigenvalue weighted by atomic mass is 10.2. The maximum Gasteiger partial charge on any atom is 0.224 e. The molecule has 0 aromatic carbocycles. The van der Waals surface area contributed by atoms with Crippen molar-refractivity contribution in [3.05, 3.63) is 11.2 Å². The molecule has 21 heavy (non-hydrogen) atoms. The van der Waals surface area contributed by atoms with Gasteiger partial charge in [0.25, 0.3) is 0 Å². The van der Waals surface area contributed by atoms with E-state index in [0.717, 1.165) is 25.9 Å². The lowest BCUT2D eigenvalue weighted by Gasteiger charge is -2.28. The van der Waals surface area contributed by atoms with Crippen molar-refractivity contribution < 1.29 is 5.11 Å². The lowest BCUT2D eigenvalue weighted by molar-refractivity contribution is 0.191. The van der Waals surface area contributed by atoms with Crippen LogP contribution in [0.3, 0.4) is 0 Å². The fraction of sp³-hybridized carbons (Fsp3) is 0.714. The Morgan fingerprint density at radius 1 is 1.52 bits per heavy atom. The van der Waals surface area contributed by atoms with Crippen molar-refractivity contribution in [3.63, 3.8) is 0 Å². The molecule has 2 heterocycles. The van der Waals surface area contributed by atoms with E-state index in [1.54, 1.807) is 6.20 Å². The Hall–Kier alpha value is -1.11. The Morgan fingerprint density at radius 2 is 2.29 bits per heavy atom. The average Bonchev–Trinajstić information content (AvgIpc) is 2.77. The number of likely N-dealkylation sites (N-methyl/N-ethyl adjacent to an activating group) is 1. The van der Waals surface area contributed by atoms with Gasteiger partial charge in [0.2, 0.25) is 5.95 Å². The van der Waals surface area contributed by atoms with E-state index in [1.807, 2.05) is 14.1 Å². The van der Waals surface area contributed by atoms with E-state index in [-0.39, 0.29) is 12.1 Å². The van der Waals surface area contributed by atoms with Gasteiger partial charge in [-0.25, -0.2) is 4.98 Å². The number of hydrogen-bond donors (Lipinski definition) is 2. The maximum atomic E-state index is 9.98.